The van der Waals surface area contributed by atoms with E-state index in [1.165, 1.54) is 4.88 Å². The van der Waals surface area contributed by atoms with E-state index in [9.17, 15) is 0 Å². The second kappa shape index (κ2) is 9.62. The Bertz CT molecular complexity index is 615. The van der Waals surface area contributed by atoms with Gasteiger partial charge in [0.05, 0.1) is 24.9 Å². The number of rotatable bonds is 5. The van der Waals surface area contributed by atoms with Gasteiger partial charge in [0.2, 0.25) is 0 Å². The molecule has 0 saturated heterocycles. The smallest absolute Gasteiger partial charge is 0.191 e. The molecule has 2 aromatic rings. The number of aryl methyl sites for hydroxylation is 1. The number of nitrogens with zero attached hydrogens (tertiary/aromatic N) is 2. The molecule has 0 unspecified atom stereocenters. The molecule has 0 bridgehead atoms. The van der Waals surface area contributed by atoms with Gasteiger partial charge in [-0.15, -0.1) is 35.3 Å². The predicted octanol–water partition coefficient (Wildman–Crippen LogP) is 2.94. The lowest BCUT2D eigenvalue weighted by Crippen LogP contribution is -2.36. The maximum Gasteiger partial charge on any atom is 0.191 e. The van der Waals surface area contributed by atoms with E-state index in [-0.39, 0.29) is 24.0 Å². The summed E-state index contributed by atoms with van der Waals surface area (Å²) in [6, 6.07) is 7.94. The van der Waals surface area contributed by atoms with Crippen LogP contribution in [0.2, 0.25) is 0 Å². The van der Waals surface area contributed by atoms with Crippen LogP contribution in [0, 0.1) is 6.92 Å². The Morgan fingerprint density at radius 2 is 2.00 bits per heavy atom. The molecule has 120 valence electrons. The molecular weight excluding hydrogens is 411 g/mol. The molecule has 0 saturated carbocycles. The molecule has 0 radical (unpaired) electrons. The van der Waals surface area contributed by atoms with Crippen molar-refractivity contribution in [3.05, 3.63) is 45.9 Å². The van der Waals surface area contributed by atoms with Crippen molar-refractivity contribution in [3.8, 4) is 5.75 Å². The summed E-state index contributed by atoms with van der Waals surface area (Å²) >= 11 is 1.65. The molecule has 7 heteroatoms. The molecule has 1 aromatic heterocycles. The van der Waals surface area contributed by atoms with Crippen LogP contribution < -0.4 is 15.4 Å². The molecule has 2 rings (SSSR count). The third-order valence-electron chi connectivity index (χ3n) is 3.12. The summed E-state index contributed by atoms with van der Waals surface area (Å²) in [7, 11) is 3.44. The highest BCUT2D eigenvalue weighted by Crippen LogP contribution is 2.16. The number of methoxy groups -OCH3 is 1. The van der Waals surface area contributed by atoms with Gasteiger partial charge in [0.1, 0.15) is 5.75 Å². The SMILES string of the molecule is CN=C(NCc1ccccc1OC)NCc1scnc1C.I. The fourth-order valence-corrected chi connectivity index (χ4v) is 2.63. The molecule has 0 spiro atoms. The zero-order valence-corrected chi connectivity index (χ0v) is 16.1. The van der Waals surface area contributed by atoms with E-state index in [4.69, 9.17) is 4.74 Å². The first-order valence-electron chi connectivity index (χ1n) is 6.70. The topological polar surface area (TPSA) is 58.5 Å². The number of para-hydroxylation sites is 1. The van der Waals surface area contributed by atoms with Gasteiger partial charge in [0, 0.05) is 24.0 Å². The third-order valence-corrected chi connectivity index (χ3v) is 4.06. The highest BCUT2D eigenvalue weighted by Gasteiger charge is 2.05. The number of nitrogens with one attached hydrogen (secondary N) is 2. The lowest BCUT2D eigenvalue weighted by Gasteiger charge is -2.13. The van der Waals surface area contributed by atoms with Gasteiger partial charge >= 0.3 is 0 Å². The van der Waals surface area contributed by atoms with Crippen molar-refractivity contribution in [3.63, 3.8) is 0 Å². The number of thiazole rings is 1. The molecule has 1 heterocycles. The van der Waals surface area contributed by atoms with Crippen LogP contribution in [0.4, 0.5) is 0 Å². The van der Waals surface area contributed by atoms with Crippen LogP contribution in [0.15, 0.2) is 34.8 Å². The second-order valence-electron chi connectivity index (χ2n) is 4.45. The molecule has 2 N–H and O–H groups in total. The van der Waals surface area contributed by atoms with Crippen molar-refractivity contribution >= 4 is 41.3 Å². The number of aromatic nitrogens is 1. The summed E-state index contributed by atoms with van der Waals surface area (Å²) < 4.78 is 5.34. The summed E-state index contributed by atoms with van der Waals surface area (Å²) in [5.74, 6) is 1.63. The molecule has 1 aromatic carbocycles. The van der Waals surface area contributed by atoms with Gasteiger partial charge in [-0.25, -0.2) is 4.98 Å². The van der Waals surface area contributed by atoms with E-state index in [0.29, 0.717) is 6.54 Å². The Kier molecular flexibility index (Phi) is 8.18. The van der Waals surface area contributed by atoms with Crippen LogP contribution in [0.25, 0.3) is 0 Å². The van der Waals surface area contributed by atoms with Crippen molar-refractivity contribution in [2.24, 2.45) is 4.99 Å². The van der Waals surface area contributed by atoms with Gasteiger partial charge in [-0.3, -0.25) is 4.99 Å². The van der Waals surface area contributed by atoms with E-state index in [2.05, 4.69) is 20.6 Å². The van der Waals surface area contributed by atoms with Crippen LogP contribution in [0.1, 0.15) is 16.1 Å². The quantitative estimate of drug-likeness (QED) is 0.434. The molecule has 0 aliphatic rings. The number of halogens is 1. The zero-order chi connectivity index (χ0) is 15.1. The standard InChI is InChI=1S/C15H20N4OS.HI/c1-11-14(21-10-19-11)9-18-15(16-2)17-8-12-6-4-5-7-13(12)20-3;/h4-7,10H,8-9H2,1-3H3,(H2,16,17,18);1H. The number of benzene rings is 1. The van der Waals surface area contributed by atoms with E-state index < -0.39 is 0 Å². The maximum absolute atomic E-state index is 5.34. The van der Waals surface area contributed by atoms with Crippen LogP contribution >= 0.6 is 35.3 Å². The summed E-state index contributed by atoms with van der Waals surface area (Å²) in [6.07, 6.45) is 0. The molecule has 22 heavy (non-hydrogen) atoms. The Labute approximate surface area is 152 Å². The minimum absolute atomic E-state index is 0. The van der Waals surface area contributed by atoms with Gasteiger partial charge in [0.15, 0.2) is 5.96 Å². The third kappa shape index (κ3) is 5.13. The summed E-state index contributed by atoms with van der Waals surface area (Å²) in [5.41, 5.74) is 4.02. The Morgan fingerprint density at radius 3 is 2.64 bits per heavy atom. The highest BCUT2D eigenvalue weighted by molar-refractivity contribution is 14.0. The fraction of sp³-hybridized carbons (Fsp3) is 0.333. The number of guanidine groups is 1. The minimum Gasteiger partial charge on any atom is -0.496 e. The maximum atomic E-state index is 5.34. The van der Waals surface area contributed by atoms with E-state index in [1.54, 1.807) is 25.5 Å². The Hall–Kier alpha value is -1.35. The van der Waals surface area contributed by atoms with Crippen LogP contribution in [0.5, 0.6) is 5.75 Å². The van der Waals surface area contributed by atoms with Crippen LogP contribution in [0.3, 0.4) is 0 Å². The normalized spacial score (nSPS) is 10.8. The number of hydrogen-bond donors (Lipinski definition) is 2. The summed E-state index contributed by atoms with van der Waals surface area (Å²) in [6.45, 7) is 3.39. The first-order valence-corrected chi connectivity index (χ1v) is 7.58. The van der Waals surface area contributed by atoms with Crippen molar-refractivity contribution in [1.29, 1.82) is 0 Å². The van der Waals surface area contributed by atoms with Crippen molar-refractivity contribution in [1.82, 2.24) is 15.6 Å². The van der Waals surface area contributed by atoms with Crippen molar-refractivity contribution < 1.29 is 4.74 Å². The molecule has 0 atom stereocenters. The highest BCUT2D eigenvalue weighted by atomic mass is 127. The van der Waals surface area contributed by atoms with Crippen LogP contribution in [-0.2, 0) is 13.1 Å². The van der Waals surface area contributed by atoms with Gasteiger partial charge in [-0.05, 0) is 13.0 Å². The molecule has 5 nitrogen and oxygen atoms in total. The van der Waals surface area contributed by atoms with Crippen molar-refractivity contribution in [2.75, 3.05) is 14.2 Å². The average Bonchev–Trinajstić information content (AvgIpc) is 2.93. The zero-order valence-electron chi connectivity index (χ0n) is 12.9. The van der Waals surface area contributed by atoms with E-state index >= 15 is 0 Å². The molecule has 0 aliphatic carbocycles. The first kappa shape index (κ1) is 18.7. The molecule has 0 aliphatic heterocycles. The first-order chi connectivity index (χ1) is 10.2. The number of aliphatic imine (C=N–C) groups is 1. The number of hydrogen-bond acceptors (Lipinski definition) is 4. The Balaban J connectivity index is 0.00000242. The summed E-state index contributed by atoms with van der Waals surface area (Å²) in [5, 5.41) is 6.57. The molecule has 0 fully saturated rings. The monoisotopic (exact) mass is 432 g/mol. The van der Waals surface area contributed by atoms with Gasteiger partial charge in [0.25, 0.3) is 0 Å². The van der Waals surface area contributed by atoms with Crippen LogP contribution in [-0.4, -0.2) is 25.1 Å². The van der Waals surface area contributed by atoms with Gasteiger partial charge in [-0.2, -0.15) is 0 Å². The van der Waals surface area contributed by atoms with E-state index in [1.807, 2.05) is 36.7 Å². The van der Waals surface area contributed by atoms with Crippen molar-refractivity contribution in [2.45, 2.75) is 20.0 Å². The average molecular weight is 432 g/mol. The lowest BCUT2D eigenvalue weighted by atomic mass is 10.2. The second-order valence-corrected chi connectivity index (χ2v) is 5.39. The predicted molar refractivity (Wildman–Crippen MR) is 102 cm³/mol. The van der Waals surface area contributed by atoms with E-state index in [0.717, 1.165) is 29.5 Å². The summed E-state index contributed by atoms with van der Waals surface area (Å²) in [4.78, 5) is 9.68. The van der Waals surface area contributed by atoms with Gasteiger partial charge < -0.3 is 15.4 Å². The molecular formula is C15H21IN4OS. The lowest BCUT2D eigenvalue weighted by molar-refractivity contribution is 0.409. The number of ether oxygens (including phenoxy) is 1. The minimum atomic E-state index is 0. The largest absolute Gasteiger partial charge is 0.496 e. The Morgan fingerprint density at radius 1 is 1.27 bits per heavy atom. The molecule has 0 amide bonds. The van der Waals surface area contributed by atoms with Gasteiger partial charge in [-0.1, -0.05) is 18.2 Å². The fourth-order valence-electron chi connectivity index (χ4n) is 1.91.